The molecule has 4 rings (SSSR count). The molecule has 0 saturated carbocycles. The van der Waals surface area contributed by atoms with Crippen molar-refractivity contribution in [2.24, 2.45) is 0 Å². The molecule has 0 spiro atoms. The van der Waals surface area contributed by atoms with E-state index in [4.69, 9.17) is 5.73 Å². The number of carbonyl (C=O) groups is 1. The predicted molar refractivity (Wildman–Crippen MR) is 125 cm³/mol. The predicted octanol–water partition coefficient (Wildman–Crippen LogP) is 4.38. The molecule has 0 fully saturated rings. The monoisotopic (exact) mass is 415 g/mol. The Kier molecular flexibility index (Phi) is 6.16. The Bertz CT molecular complexity index is 1080. The summed E-state index contributed by atoms with van der Waals surface area (Å²) in [6.45, 7) is 6.02. The smallest absolute Gasteiger partial charge is 0.270 e. The average Bonchev–Trinajstić information content (AvgIpc) is 2.81. The molecule has 31 heavy (non-hydrogen) atoms. The molecule has 1 atom stereocenters. The van der Waals surface area contributed by atoms with Crippen LogP contribution < -0.4 is 16.0 Å². The van der Waals surface area contributed by atoms with E-state index >= 15 is 0 Å². The molecule has 6 heteroatoms. The van der Waals surface area contributed by atoms with E-state index in [1.54, 1.807) is 12.3 Å². The minimum absolute atomic E-state index is 0.00642. The number of hydrogen-bond acceptors (Lipinski definition) is 5. The number of rotatable bonds is 6. The number of carbonyl (C=O) groups excluding carboxylic acids is 1. The topological polar surface area (TPSA) is 84.1 Å². The van der Waals surface area contributed by atoms with Gasteiger partial charge in [-0.3, -0.25) is 4.79 Å². The Morgan fingerprint density at radius 2 is 1.97 bits per heavy atom. The van der Waals surface area contributed by atoms with E-state index in [1.807, 2.05) is 24.3 Å². The van der Waals surface area contributed by atoms with Gasteiger partial charge in [-0.05, 0) is 68.5 Å². The number of amides is 1. The van der Waals surface area contributed by atoms with Crippen molar-refractivity contribution in [3.8, 4) is 11.4 Å². The maximum absolute atomic E-state index is 13.0. The van der Waals surface area contributed by atoms with E-state index < -0.39 is 0 Å². The van der Waals surface area contributed by atoms with Gasteiger partial charge in [-0.1, -0.05) is 24.3 Å². The number of nitrogens with zero attached hydrogens (tertiary/aromatic N) is 3. The van der Waals surface area contributed by atoms with Crippen molar-refractivity contribution in [2.75, 3.05) is 23.7 Å². The van der Waals surface area contributed by atoms with Gasteiger partial charge in [0.25, 0.3) is 5.91 Å². The van der Waals surface area contributed by atoms with Crippen LogP contribution in [0.4, 0.5) is 11.4 Å². The molecule has 1 aromatic heterocycles. The van der Waals surface area contributed by atoms with E-state index in [0.717, 1.165) is 43.6 Å². The lowest BCUT2D eigenvalue weighted by Crippen LogP contribution is -2.31. The van der Waals surface area contributed by atoms with Crippen LogP contribution in [0.15, 0.2) is 54.7 Å². The molecule has 1 aliphatic carbocycles. The lowest BCUT2D eigenvalue weighted by molar-refractivity contribution is 0.0927. The van der Waals surface area contributed by atoms with Gasteiger partial charge in [0.05, 0.1) is 6.04 Å². The summed E-state index contributed by atoms with van der Waals surface area (Å²) in [5.74, 6) is 0.270. The Labute approximate surface area is 183 Å². The van der Waals surface area contributed by atoms with Crippen molar-refractivity contribution >= 4 is 17.3 Å². The summed E-state index contributed by atoms with van der Waals surface area (Å²) in [6, 6.07) is 15.8. The number of anilines is 2. The summed E-state index contributed by atoms with van der Waals surface area (Å²) in [6.07, 6.45) is 4.67. The van der Waals surface area contributed by atoms with Crippen LogP contribution in [0.2, 0.25) is 0 Å². The summed E-state index contributed by atoms with van der Waals surface area (Å²) in [7, 11) is 0. The number of hydrogen-bond donors (Lipinski definition) is 2. The van der Waals surface area contributed by atoms with Crippen LogP contribution in [0.1, 0.15) is 54.3 Å². The third-order valence-electron chi connectivity index (χ3n) is 5.97. The standard InChI is InChI=1S/C25H29N5O/c1-3-30(4-2)18-12-13-21(26)20(16-18)24-27-15-14-23(28-24)25(31)29-22-11-7-9-17-8-5-6-10-19(17)22/h5-6,8,10,12-16,22H,3-4,7,9,11,26H2,1-2H3,(H,29,31)/t22-/m0/s1. The molecule has 3 N–H and O–H groups in total. The quantitative estimate of drug-likeness (QED) is 0.584. The van der Waals surface area contributed by atoms with Gasteiger partial charge in [0, 0.05) is 36.2 Å². The van der Waals surface area contributed by atoms with Gasteiger partial charge < -0.3 is 16.0 Å². The fourth-order valence-electron chi connectivity index (χ4n) is 4.27. The largest absolute Gasteiger partial charge is 0.398 e. The minimum atomic E-state index is -0.191. The summed E-state index contributed by atoms with van der Waals surface area (Å²) in [5, 5.41) is 3.16. The molecule has 0 bridgehead atoms. The fourth-order valence-corrected chi connectivity index (χ4v) is 4.27. The van der Waals surface area contributed by atoms with Crippen LogP contribution in [-0.2, 0) is 6.42 Å². The van der Waals surface area contributed by atoms with Gasteiger partial charge in [-0.25, -0.2) is 9.97 Å². The zero-order valence-corrected chi connectivity index (χ0v) is 18.1. The van der Waals surface area contributed by atoms with Gasteiger partial charge in [-0.15, -0.1) is 0 Å². The Morgan fingerprint density at radius 1 is 1.16 bits per heavy atom. The van der Waals surface area contributed by atoms with Crippen LogP contribution >= 0.6 is 0 Å². The van der Waals surface area contributed by atoms with Gasteiger partial charge in [0.2, 0.25) is 0 Å². The molecule has 3 aromatic rings. The average molecular weight is 416 g/mol. The molecule has 2 aromatic carbocycles. The Morgan fingerprint density at radius 3 is 2.77 bits per heavy atom. The second kappa shape index (κ2) is 9.16. The Hall–Kier alpha value is -3.41. The van der Waals surface area contributed by atoms with Gasteiger partial charge in [0.15, 0.2) is 5.82 Å². The van der Waals surface area contributed by atoms with Crippen molar-refractivity contribution < 1.29 is 4.79 Å². The van der Waals surface area contributed by atoms with Crippen LogP contribution in [0.25, 0.3) is 11.4 Å². The number of aromatic nitrogens is 2. The van der Waals surface area contributed by atoms with E-state index in [1.165, 1.54) is 11.1 Å². The normalized spacial score (nSPS) is 15.2. The van der Waals surface area contributed by atoms with E-state index in [9.17, 15) is 4.79 Å². The van der Waals surface area contributed by atoms with Crippen LogP contribution in [0, 0.1) is 0 Å². The Balaban J connectivity index is 1.60. The van der Waals surface area contributed by atoms with Crippen LogP contribution in [-0.4, -0.2) is 29.0 Å². The van der Waals surface area contributed by atoms with Crippen molar-refractivity contribution in [3.63, 3.8) is 0 Å². The van der Waals surface area contributed by atoms with Crippen molar-refractivity contribution in [3.05, 3.63) is 71.5 Å². The maximum Gasteiger partial charge on any atom is 0.270 e. The first-order valence-electron chi connectivity index (χ1n) is 11.0. The molecular formula is C25H29N5O. The highest BCUT2D eigenvalue weighted by molar-refractivity contribution is 5.93. The highest BCUT2D eigenvalue weighted by Crippen LogP contribution is 2.30. The van der Waals surface area contributed by atoms with Gasteiger partial charge >= 0.3 is 0 Å². The lowest BCUT2D eigenvalue weighted by atomic mass is 9.87. The highest BCUT2D eigenvalue weighted by Gasteiger charge is 2.23. The second-order valence-electron chi connectivity index (χ2n) is 7.83. The van der Waals surface area contributed by atoms with E-state index in [2.05, 4.69) is 52.2 Å². The number of nitrogens with one attached hydrogen (secondary N) is 1. The minimum Gasteiger partial charge on any atom is -0.398 e. The zero-order chi connectivity index (χ0) is 21.8. The number of fused-ring (bicyclic) bond motifs is 1. The summed E-state index contributed by atoms with van der Waals surface area (Å²) >= 11 is 0. The first-order chi connectivity index (χ1) is 15.1. The number of nitrogens with two attached hydrogens (primary N) is 1. The molecule has 0 saturated heterocycles. The second-order valence-corrected chi connectivity index (χ2v) is 7.83. The summed E-state index contributed by atoms with van der Waals surface area (Å²) in [4.78, 5) is 24.2. The molecule has 0 radical (unpaired) electrons. The zero-order valence-electron chi connectivity index (χ0n) is 18.1. The van der Waals surface area contributed by atoms with Gasteiger partial charge in [-0.2, -0.15) is 0 Å². The summed E-state index contributed by atoms with van der Waals surface area (Å²) < 4.78 is 0. The third kappa shape index (κ3) is 4.38. The molecular weight excluding hydrogens is 386 g/mol. The molecule has 1 heterocycles. The van der Waals surface area contributed by atoms with E-state index in [0.29, 0.717) is 17.2 Å². The third-order valence-corrected chi connectivity index (χ3v) is 5.97. The number of benzene rings is 2. The van der Waals surface area contributed by atoms with Crippen molar-refractivity contribution in [2.45, 2.75) is 39.2 Å². The molecule has 1 aliphatic rings. The number of aryl methyl sites for hydroxylation is 1. The first-order valence-corrected chi connectivity index (χ1v) is 11.0. The molecule has 1 amide bonds. The van der Waals surface area contributed by atoms with Crippen LogP contribution in [0.5, 0.6) is 0 Å². The van der Waals surface area contributed by atoms with Crippen LogP contribution in [0.3, 0.4) is 0 Å². The van der Waals surface area contributed by atoms with E-state index in [-0.39, 0.29) is 11.9 Å². The van der Waals surface area contributed by atoms with Gasteiger partial charge in [0.1, 0.15) is 5.69 Å². The molecule has 6 nitrogen and oxygen atoms in total. The SMILES string of the molecule is CCN(CC)c1ccc(N)c(-c2nccc(C(=O)N[C@H]3CCCc4ccccc43)n2)c1. The highest BCUT2D eigenvalue weighted by atomic mass is 16.1. The molecule has 0 unspecified atom stereocenters. The fraction of sp³-hybridized carbons (Fsp3) is 0.320. The lowest BCUT2D eigenvalue weighted by Gasteiger charge is -2.26. The first kappa shape index (κ1) is 20.8. The van der Waals surface area contributed by atoms with Crippen molar-refractivity contribution in [1.82, 2.24) is 15.3 Å². The number of nitrogen functional groups attached to an aromatic ring is 1. The summed E-state index contributed by atoms with van der Waals surface area (Å²) in [5.41, 5.74) is 11.5. The molecule has 160 valence electrons. The molecule has 0 aliphatic heterocycles. The van der Waals surface area contributed by atoms with Crippen molar-refractivity contribution in [1.29, 1.82) is 0 Å². The maximum atomic E-state index is 13.0.